The van der Waals surface area contributed by atoms with Gasteiger partial charge in [-0.1, -0.05) is 0 Å². The standard InChI is InChI=1S/C19H19F3N4O3/c1-11(27)23-12-3-5-13(6-4-12)24-16(28)9-26(2)10-17(29)25-15-8-7-14(20)18(21)19(15)22/h3-8H,9-10H2,1-2H3,(H,23,27)(H,24,28)(H,25,29)/p+1. The normalized spacial score (nSPS) is 11.5. The Bertz CT molecular complexity index is 920. The van der Waals surface area contributed by atoms with Gasteiger partial charge in [-0.25, -0.2) is 13.2 Å². The molecule has 0 aliphatic heterocycles. The fourth-order valence-electron chi connectivity index (χ4n) is 2.47. The fraction of sp³-hybridized carbons (Fsp3) is 0.211. The lowest BCUT2D eigenvalue weighted by Crippen LogP contribution is -3.11. The molecule has 0 spiro atoms. The van der Waals surface area contributed by atoms with Gasteiger partial charge in [0.1, 0.15) is 0 Å². The molecular formula is C19H20F3N4O3+. The summed E-state index contributed by atoms with van der Waals surface area (Å²) in [6.07, 6.45) is 0. The third kappa shape index (κ3) is 6.61. The summed E-state index contributed by atoms with van der Waals surface area (Å²) in [4.78, 5) is 35.5. The predicted octanol–water partition coefficient (Wildman–Crippen LogP) is 1.15. The van der Waals surface area contributed by atoms with E-state index in [1.807, 2.05) is 0 Å². The van der Waals surface area contributed by atoms with E-state index in [4.69, 9.17) is 0 Å². The van der Waals surface area contributed by atoms with Gasteiger partial charge >= 0.3 is 0 Å². The van der Waals surface area contributed by atoms with E-state index in [1.165, 1.54) is 6.92 Å². The molecule has 0 aliphatic carbocycles. The summed E-state index contributed by atoms with van der Waals surface area (Å²) in [5.41, 5.74) is 0.606. The lowest BCUT2D eigenvalue weighted by molar-refractivity contribution is -0.862. The highest BCUT2D eigenvalue weighted by Gasteiger charge is 2.18. The fourth-order valence-corrected chi connectivity index (χ4v) is 2.47. The number of halogens is 3. The summed E-state index contributed by atoms with van der Waals surface area (Å²) >= 11 is 0. The van der Waals surface area contributed by atoms with E-state index < -0.39 is 29.0 Å². The molecule has 1 atom stereocenters. The van der Waals surface area contributed by atoms with Gasteiger partial charge in [-0.3, -0.25) is 14.4 Å². The van der Waals surface area contributed by atoms with E-state index >= 15 is 0 Å². The largest absolute Gasteiger partial charge is 0.326 e. The van der Waals surface area contributed by atoms with Crippen LogP contribution in [0.3, 0.4) is 0 Å². The molecule has 7 nitrogen and oxygen atoms in total. The smallest absolute Gasteiger partial charge is 0.279 e. The van der Waals surface area contributed by atoms with E-state index in [0.29, 0.717) is 22.3 Å². The minimum atomic E-state index is -1.67. The second-order valence-corrected chi connectivity index (χ2v) is 6.39. The van der Waals surface area contributed by atoms with Crippen LogP contribution < -0.4 is 20.9 Å². The van der Waals surface area contributed by atoms with Crippen molar-refractivity contribution in [3.8, 4) is 0 Å². The number of likely N-dealkylation sites (N-methyl/N-ethyl adjacent to an activating group) is 1. The van der Waals surface area contributed by atoms with Gasteiger partial charge in [0.2, 0.25) is 5.91 Å². The molecule has 0 saturated heterocycles. The highest BCUT2D eigenvalue weighted by atomic mass is 19.2. The quantitative estimate of drug-likeness (QED) is 0.517. The van der Waals surface area contributed by atoms with Crippen LogP contribution in [0.4, 0.5) is 30.2 Å². The van der Waals surface area contributed by atoms with Gasteiger partial charge in [0.05, 0.1) is 12.7 Å². The summed E-state index contributed by atoms with van der Waals surface area (Å²) in [7, 11) is 1.57. The first-order chi connectivity index (χ1) is 13.7. The van der Waals surface area contributed by atoms with Crippen molar-refractivity contribution in [3.05, 3.63) is 53.8 Å². The molecule has 2 aromatic rings. The van der Waals surface area contributed by atoms with Crippen molar-refractivity contribution in [2.45, 2.75) is 6.92 Å². The number of carbonyl (C=O) groups excluding carboxylic acids is 3. The third-order valence-corrected chi connectivity index (χ3v) is 3.72. The molecular weight excluding hydrogens is 389 g/mol. The van der Waals surface area contributed by atoms with Crippen molar-refractivity contribution >= 4 is 34.8 Å². The molecule has 1 unspecified atom stereocenters. The van der Waals surface area contributed by atoms with Crippen molar-refractivity contribution in [2.24, 2.45) is 0 Å². The SMILES string of the molecule is CC(=O)Nc1ccc(NC(=O)C[NH+](C)CC(=O)Nc2ccc(F)c(F)c2F)cc1. The van der Waals surface area contributed by atoms with Gasteiger partial charge in [-0.15, -0.1) is 0 Å². The zero-order valence-electron chi connectivity index (χ0n) is 15.7. The Morgan fingerprint density at radius 2 is 1.31 bits per heavy atom. The minimum absolute atomic E-state index is 0.0683. The molecule has 0 bridgehead atoms. The van der Waals surface area contributed by atoms with Gasteiger partial charge in [-0.2, -0.15) is 0 Å². The Morgan fingerprint density at radius 1 is 0.793 bits per heavy atom. The van der Waals surface area contributed by atoms with Crippen molar-refractivity contribution in [3.63, 3.8) is 0 Å². The van der Waals surface area contributed by atoms with Crippen LogP contribution in [0.25, 0.3) is 0 Å². The van der Waals surface area contributed by atoms with Crippen molar-refractivity contribution < 1.29 is 32.5 Å². The van der Waals surface area contributed by atoms with Crippen LogP contribution in [0.15, 0.2) is 36.4 Å². The molecule has 29 heavy (non-hydrogen) atoms. The van der Waals surface area contributed by atoms with Crippen LogP contribution in [0, 0.1) is 17.5 Å². The predicted molar refractivity (Wildman–Crippen MR) is 101 cm³/mol. The molecule has 2 aromatic carbocycles. The first-order valence-corrected chi connectivity index (χ1v) is 8.58. The number of quaternary nitrogens is 1. The Hall–Kier alpha value is -3.40. The number of amides is 3. The van der Waals surface area contributed by atoms with E-state index in [9.17, 15) is 27.6 Å². The number of anilines is 3. The Kier molecular flexibility index (Phi) is 7.32. The number of hydrogen-bond donors (Lipinski definition) is 4. The van der Waals surface area contributed by atoms with E-state index in [-0.39, 0.29) is 24.9 Å². The molecule has 4 N–H and O–H groups in total. The Labute approximate surface area is 164 Å². The van der Waals surface area contributed by atoms with Crippen molar-refractivity contribution in [2.75, 3.05) is 36.1 Å². The number of nitrogens with one attached hydrogen (secondary N) is 4. The topological polar surface area (TPSA) is 91.7 Å². The van der Waals surface area contributed by atoms with Crippen LogP contribution in [0.5, 0.6) is 0 Å². The Balaban J connectivity index is 1.84. The first kappa shape index (κ1) is 21.9. The van der Waals surface area contributed by atoms with Gasteiger partial charge in [0.15, 0.2) is 30.5 Å². The zero-order chi connectivity index (χ0) is 21.6. The maximum absolute atomic E-state index is 13.6. The second kappa shape index (κ2) is 9.69. The number of carbonyl (C=O) groups is 3. The molecule has 0 aliphatic rings. The van der Waals surface area contributed by atoms with E-state index in [1.54, 1.807) is 31.3 Å². The van der Waals surface area contributed by atoms with Gasteiger partial charge in [0, 0.05) is 18.3 Å². The molecule has 3 amide bonds. The molecule has 0 fully saturated rings. The summed E-state index contributed by atoms with van der Waals surface area (Å²) in [5.74, 6) is -5.77. The molecule has 2 rings (SSSR count). The highest BCUT2D eigenvalue weighted by Crippen LogP contribution is 2.19. The van der Waals surface area contributed by atoms with Crippen LogP contribution in [-0.2, 0) is 14.4 Å². The number of hydrogen-bond acceptors (Lipinski definition) is 3. The van der Waals surface area contributed by atoms with Crippen molar-refractivity contribution in [1.82, 2.24) is 0 Å². The van der Waals surface area contributed by atoms with Gasteiger partial charge in [-0.05, 0) is 36.4 Å². The number of rotatable bonds is 7. The summed E-state index contributed by atoms with van der Waals surface area (Å²) in [6, 6.07) is 8.08. The third-order valence-electron chi connectivity index (χ3n) is 3.72. The lowest BCUT2D eigenvalue weighted by atomic mass is 10.2. The molecule has 0 radical (unpaired) electrons. The van der Waals surface area contributed by atoms with Crippen LogP contribution >= 0.6 is 0 Å². The lowest BCUT2D eigenvalue weighted by Gasteiger charge is -2.14. The molecule has 10 heteroatoms. The van der Waals surface area contributed by atoms with Crippen LogP contribution in [0.2, 0.25) is 0 Å². The average molecular weight is 409 g/mol. The summed E-state index contributed by atoms with van der Waals surface area (Å²) in [5, 5.41) is 7.39. The molecule has 0 aromatic heterocycles. The summed E-state index contributed by atoms with van der Waals surface area (Å²) < 4.78 is 39.7. The highest BCUT2D eigenvalue weighted by molar-refractivity contribution is 5.94. The van der Waals surface area contributed by atoms with Crippen LogP contribution in [0.1, 0.15) is 6.92 Å². The second-order valence-electron chi connectivity index (χ2n) is 6.39. The zero-order valence-corrected chi connectivity index (χ0v) is 15.7. The monoisotopic (exact) mass is 409 g/mol. The number of benzene rings is 2. The maximum atomic E-state index is 13.6. The van der Waals surface area contributed by atoms with Crippen LogP contribution in [-0.4, -0.2) is 37.9 Å². The summed E-state index contributed by atoms with van der Waals surface area (Å²) in [6.45, 7) is 1.11. The van der Waals surface area contributed by atoms with Gasteiger partial charge < -0.3 is 20.9 Å². The minimum Gasteiger partial charge on any atom is -0.326 e. The Morgan fingerprint density at radius 3 is 1.86 bits per heavy atom. The van der Waals surface area contributed by atoms with Crippen molar-refractivity contribution in [1.29, 1.82) is 0 Å². The van der Waals surface area contributed by atoms with E-state index in [2.05, 4.69) is 16.0 Å². The maximum Gasteiger partial charge on any atom is 0.279 e. The first-order valence-electron chi connectivity index (χ1n) is 8.58. The van der Waals surface area contributed by atoms with Gasteiger partial charge in [0.25, 0.3) is 11.8 Å². The average Bonchev–Trinajstić information content (AvgIpc) is 2.63. The molecule has 154 valence electrons. The van der Waals surface area contributed by atoms with E-state index in [0.717, 1.165) is 6.07 Å². The molecule has 0 heterocycles. The molecule has 0 saturated carbocycles.